The van der Waals surface area contributed by atoms with Gasteiger partial charge in [0.25, 0.3) is 5.95 Å². The van der Waals surface area contributed by atoms with Crippen LogP contribution in [0.4, 0.5) is 0 Å². The molecule has 0 saturated heterocycles. The molecule has 6 aromatic heterocycles. The van der Waals surface area contributed by atoms with E-state index in [9.17, 15) is 0 Å². The van der Waals surface area contributed by atoms with Gasteiger partial charge in [-0.3, -0.25) is 0 Å². The summed E-state index contributed by atoms with van der Waals surface area (Å²) in [6, 6.07) is 57.9. The molecular formula is C48H25N9O2Pt2. The summed E-state index contributed by atoms with van der Waals surface area (Å²) in [5.41, 5.74) is 5.06. The van der Waals surface area contributed by atoms with Gasteiger partial charge in [-0.2, -0.15) is 35.0 Å². The third-order valence-electron chi connectivity index (χ3n) is 10.4. The molecule has 13 heteroatoms. The van der Waals surface area contributed by atoms with Crippen molar-refractivity contribution in [3.05, 3.63) is 176 Å². The molecule has 0 saturated carbocycles. The predicted molar refractivity (Wildman–Crippen MR) is 225 cm³/mol. The molecule has 294 valence electrons. The molecule has 0 aliphatic carbocycles. The van der Waals surface area contributed by atoms with Gasteiger partial charge in [0.15, 0.2) is 6.33 Å². The van der Waals surface area contributed by atoms with Crippen LogP contribution in [0.15, 0.2) is 152 Å². The summed E-state index contributed by atoms with van der Waals surface area (Å²) >= 11 is 0. The van der Waals surface area contributed by atoms with Crippen molar-refractivity contribution >= 4 is 65.4 Å². The number of fused-ring (bicyclic) bond motifs is 9. The van der Waals surface area contributed by atoms with Crippen molar-refractivity contribution in [1.82, 2.24) is 44.1 Å². The van der Waals surface area contributed by atoms with Crippen LogP contribution in [0.3, 0.4) is 0 Å². The molecule has 0 amide bonds. The van der Waals surface area contributed by atoms with Crippen LogP contribution < -0.4 is 9.47 Å². The zero-order valence-electron chi connectivity index (χ0n) is 31.4. The quantitative estimate of drug-likeness (QED) is 0.145. The predicted octanol–water partition coefficient (Wildman–Crippen LogP) is 10.1. The van der Waals surface area contributed by atoms with E-state index in [-0.39, 0.29) is 48.1 Å². The SMILES string of the molecule is [Pt+2].[Pt+2].[c-]1c(Oc2[c-]c3c(cc2)c2ccccc2n3-c2ccccn2)ccc2c3ccc(Oc4[c-]c5c(cc4)c4ccccc4n5-c4ccccn4)[c-]c3n(-c3nncnn3)c12. The Bertz CT molecular complexity index is 3360. The Morgan fingerprint density at radius 2 is 0.754 bits per heavy atom. The van der Waals surface area contributed by atoms with Gasteiger partial charge in [0.1, 0.15) is 11.6 Å². The van der Waals surface area contributed by atoms with Crippen LogP contribution in [-0.2, 0) is 42.1 Å². The van der Waals surface area contributed by atoms with Gasteiger partial charge in [-0.05, 0) is 47.2 Å². The van der Waals surface area contributed by atoms with Gasteiger partial charge in [0, 0.05) is 46.4 Å². The standard InChI is InChI=1S/C48H25N9O2.2Pt/c1-3-11-40-34(9-1)36-19-15-30(25-42(36)55(40)46-13-5-7-23-49-46)58-32-17-21-38-39-22-18-33(28-45(39)57(44(38)27-32)48-53-51-29-52-54-48)59-31-16-20-37-35-10-2-4-12-41(35)56(43(37)26-31)47-14-6-8-24-50-47;;/h1-24,29H;;/q-4;2*+2. The summed E-state index contributed by atoms with van der Waals surface area (Å²) in [6.07, 6.45) is 4.87. The molecule has 6 aromatic carbocycles. The molecule has 61 heavy (non-hydrogen) atoms. The molecular weight excluding hydrogens is 1120 g/mol. The molecule has 0 spiro atoms. The Balaban J connectivity index is 0.00000223. The summed E-state index contributed by atoms with van der Waals surface area (Å²) in [7, 11) is 0. The second kappa shape index (κ2) is 15.5. The van der Waals surface area contributed by atoms with E-state index >= 15 is 0 Å². The van der Waals surface area contributed by atoms with Crippen molar-refractivity contribution in [2.24, 2.45) is 0 Å². The average molecular weight is 1150 g/mol. The van der Waals surface area contributed by atoms with Crippen LogP contribution in [0.2, 0.25) is 0 Å². The molecule has 0 N–H and O–H groups in total. The normalized spacial score (nSPS) is 11.3. The minimum Gasteiger partial charge on any atom is -0.509 e. The molecule has 12 aromatic rings. The first-order chi connectivity index (χ1) is 29.2. The van der Waals surface area contributed by atoms with Gasteiger partial charge < -0.3 is 23.2 Å². The first-order valence-electron chi connectivity index (χ1n) is 18.8. The topological polar surface area (TPSA) is 111 Å². The van der Waals surface area contributed by atoms with E-state index in [1.165, 1.54) is 6.33 Å². The van der Waals surface area contributed by atoms with Crippen molar-refractivity contribution in [2.75, 3.05) is 0 Å². The number of hydrogen-bond donors (Lipinski definition) is 0. The number of rotatable bonds is 7. The fraction of sp³-hybridized carbons (Fsp3) is 0. The fourth-order valence-corrected chi connectivity index (χ4v) is 7.99. The fourth-order valence-electron chi connectivity index (χ4n) is 7.99. The van der Waals surface area contributed by atoms with Crippen LogP contribution in [0.1, 0.15) is 0 Å². The molecule has 0 unspecified atom stereocenters. The first kappa shape index (κ1) is 38.2. The number of ether oxygens (including phenoxy) is 2. The minimum absolute atomic E-state index is 0. The number of benzene rings is 6. The maximum Gasteiger partial charge on any atom is 2.00 e. The number of aromatic nitrogens is 9. The molecule has 0 bridgehead atoms. The summed E-state index contributed by atoms with van der Waals surface area (Å²) in [5, 5.41) is 22.8. The van der Waals surface area contributed by atoms with Crippen molar-refractivity contribution in [3.63, 3.8) is 0 Å². The average Bonchev–Trinajstić information content (AvgIpc) is 3.92. The maximum absolute atomic E-state index is 6.49. The Hall–Kier alpha value is -7.06. The monoisotopic (exact) mass is 1150 g/mol. The molecule has 0 aliphatic rings. The van der Waals surface area contributed by atoms with Gasteiger partial charge in [-0.1, -0.05) is 70.6 Å². The van der Waals surface area contributed by atoms with Crippen LogP contribution >= 0.6 is 0 Å². The molecule has 6 heterocycles. The Morgan fingerprint density at radius 3 is 1.16 bits per heavy atom. The zero-order valence-corrected chi connectivity index (χ0v) is 36.0. The van der Waals surface area contributed by atoms with E-state index in [0.29, 0.717) is 34.0 Å². The van der Waals surface area contributed by atoms with E-state index in [0.717, 1.165) is 66.0 Å². The van der Waals surface area contributed by atoms with E-state index < -0.39 is 0 Å². The first-order valence-corrected chi connectivity index (χ1v) is 18.8. The molecule has 0 atom stereocenters. The molecule has 0 radical (unpaired) electrons. The molecule has 11 nitrogen and oxygen atoms in total. The smallest absolute Gasteiger partial charge is 0.509 e. The van der Waals surface area contributed by atoms with E-state index in [1.54, 1.807) is 12.4 Å². The largest absolute Gasteiger partial charge is 2.00 e. The number of nitrogens with zero attached hydrogens (tertiary/aromatic N) is 9. The summed E-state index contributed by atoms with van der Waals surface area (Å²) < 4.78 is 19.0. The van der Waals surface area contributed by atoms with Gasteiger partial charge in [0.2, 0.25) is 0 Å². The Labute approximate surface area is 375 Å². The van der Waals surface area contributed by atoms with Crippen LogP contribution in [0.5, 0.6) is 23.0 Å². The maximum atomic E-state index is 6.49. The summed E-state index contributed by atoms with van der Waals surface area (Å²) in [6.45, 7) is 0. The van der Waals surface area contributed by atoms with E-state index in [4.69, 9.17) is 9.47 Å². The van der Waals surface area contributed by atoms with Crippen LogP contribution in [-0.4, -0.2) is 44.1 Å². The van der Waals surface area contributed by atoms with Crippen molar-refractivity contribution < 1.29 is 51.6 Å². The van der Waals surface area contributed by atoms with Crippen molar-refractivity contribution in [1.29, 1.82) is 0 Å². The molecule has 0 fully saturated rings. The third kappa shape index (κ3) is 6.36. The number of hydrogen-bond acceptors (Lipinski definition) is 8. The van der Waals surface area contributed by atoms with Crippen molar-refractivity contribution in [2.45, 2.75) is 0 Å². The molecule has 12 rings (SSSR count). The van der Waals surface area contributed by atoms with E-state index in [2.05, 4.69) is 100 Å². The Kier molecular flexibility index (Phi) is 9.70. The number of para-hydroxylation sites is 2. The second-order valence-electron chi connectivity index (χ2n) is 13.8. The van der Waals surface area contributed by atoms with Gasteiger partial charge in [0.05, 0.1) is 0 Å². The van der Waals surface area contributed by atoms with Gasteiger partial charge in [-0.15, -0.1) is 79.7 Å². The van der Waals surface area contributed by atoms with Gasteiger partial charge >= 0.3 is 42.1 Å². The van der Waals surface area contributed by atoms with Crippen molar-refractivity contribution in [3.8, 4) is 40.6 Å². The number of pyridine rings is 2. The minimum atomic E-state index is 0. The van der Waals surface area contributed by atoms with Gasteiger partial charge in [-0.25, -0.2) is 9.97 Å². The third-order valence-corrected chi connectivity index (χ3v) is 10.4. The summed E-state index contributed by atoms with van der Waals surface area (Å²) in [5.74, 6) is 3.81. The second-order valence-corrected chi connectivity index (χ2v) is 13.8. The van der Waals surface area contributed by atoms with E-state index in [1.807, 2.05) is 102 Å². The van der Waals surface area contributed by atoms with Crippen LogP contribution in [0.25, 0.3) is 83.0 Å². The Morgan fingerprint density at radius 1 is 0.377 bits per heavy atom. The van der Waals surface area contributed by atoms with Crippen LogP contribution in [0, 0.1) is 24.3 Å². The summed E-state index contributed by atoms with van der Waals surface area (Å²) in [4.78, 5) is 9.29. The zero-order chi connectivity index (χ0) is 38.9. The molecule has 0 aliphatic heterocycles.